The maximum atomic E-state index is 13.3. The van der Waals surface area contributed by atoms with E-state index in [-0.39, 0.29) is 31.3 Å². The molecule has 8 heteroatoms. The van der Waals surface area contributed by atoms with Crippen LogP contribution in [-0.2, 0) is 20.9 Å². The molecule has 218 valence electrons. The molecular weight excluding hydrogens is 530 g/mol. The van der Waals surface area contributed by atoms with Crippen molar-refractivity contribution in [3.8, 4) is 11.1 Å². The summed E-state index contributed by atoms with van der Waals surface area (Å²) >= 11 is 0. The highest BCUT2D eigenvalue weighted by atomic mass is 16.5. The van der Waals surface area contributed by atoms with Gasteiger partial charge in [0.2, 0.25) is 5.91 Å². The summed E-state index contributed by atoms with van der Waals surface area (Å²) in [5, 5.41) is 15.4. The van der Waals surface area contributed by atoms with Crippen LogP contribution in [0.1, 0.15) is 61.1 Å². The number of alkyl carbamates (subject to hydrolysis) is 1. The van der Waals surface area contributed by atoms with Gasteiger partial charge in [0.05, 0.1) is 17.5 Å². The molecule has 3 aliphatic rings. The molecule has 0 atom stereocenters. The van der Waals surface area contributed by atoms with Gasteiger partial charge in [-0.15, -0.1) is 0 Å². The van der Waals surface area contributed by atoms with Gasteiger partial charge < -0.3 is 20.5 Å². The molecule has 0 bridgehead atoms. The largest absolute Gasteiger partial charge is 0.481 e. The third-order valence-corrected chi connectivity index (χ3v) is 9.02. The van der Waals surface area contributed by atoms with Crippen LogP contribution in [0.25, 0.3) is 11.1 Å². The van der Waals surface area contributed by atoms with Crippen molar-refractivity contribution in [1.29, 1.82) is 0 Å². The van der Waals surface area contributed by atoms with E-state index in [0.29, 0.717) is 38.8 Å². The molecule has 0 unspecified atom stereocenters. The van der Waals surface area contributed by atoms with Crippen molar-refractivity contribution in [2.45, 2.75) is 62.1 Å². The van der Waals surface area contributed by atoms with E-state index in [4.69, 9.17) is 4.74 Å². The zero-order valence-corrected chi connectivity index (χ0v) is 23.7. The maximum absolute atomic E-state index is 13.3. The Labute approximate surface area is 246 Å². The van der Waals surface area contributed by atoms with Crippen molar-refractivity contribution < 1.29 is 24.2 Å². The van der Waals surface area contributed by atoms with E-state index < -0.39 is 23.1 Å². The van der Waals surface area contributed by atoms with Crippen molar-refractivity contribution in [2.75, 3.05) is 19.7 Å². The Bertz CT molecular complexity index is 1420. The minimum absolute atomic E-state index is 0.0548. The summed E-state index contributed by atoms with van der Waals surface area (Å²) in [6, 6.07) is 26.7. The summed E-state index contributed by atoms with van der Waals surface area (Å²) < 4.78 is 5.86. The summed E-state index contributed by atoms with van der Waals surface area (Å²) in [6.07, 6.45) is 1.94. The molecule has 6 rings (SSSR count). The third-order valence-electron chi connectivity index (χ3n) is 9.02. The van der Waals surface area contributed by atoms with E-state index in [1.807, 2.05) is 42.5 Å². The number of nitrogens with one attached hydrogen (secondary N) is 2. The number of carbonyl (C=O) groups excluding carboxylic acids is 2. The molecule has 0 spiro atoms. The van der Waals surface area contributed by atoms with E-state index >= 15 is 0 Å². The van der Waals surface area contributed by atoms with Crippen molar-refractivity contribution in [3.05, 3.63) is 95.6 Å². The molecule has 3 aromatic rings. The molecule has 1 heterocycles. The lowest BCUT2D eigenvalue weighted by molar-refractivity contribution is -0.138. The number of fused-ring (bicyclic) bond motifs is 3. The van der Waals surface area contributed by atoms with Crippen molar-refractivity contribution in [1.82, 2.24) is 15.5 Å². The van der Waals surface area contributed by atoms with Crippen LogP contribution in [0, 0.1) is 0 Å². The third kappa shape index (κ3) is 6.19. The van der Waals surface area contributed by atoms with Gasteiger partial charge in [-0.05, 0) is 53.5 Å². The number of hydrogen-bond acceptors (Lipinski definition) is 5. The molecule has 2 aliphatic carbocycles. The first kappa shape index (κ1) is 28.0. The molecule has 2 amide bonds. The fourth-order valence-corrected chi connectivity index (χ4v) is 6.61. The van der Waals surface area contributed by atoms with Gasteiger partial charge in [0.25, 0.3) is 0 Å². The van der Waals surface area contributed by atoms with Crippen LogP contribution in [0.3, 0.4) is 0 Å². The lowest BCUT2D eigenvalue weighted by atomic mass is 9.83. The smallest absolute Gasteiger partial charge is 0.407 e. The molecule has 42 heavy (non-hydrogen) atoms. The molecule has 8 nitrogen and oxygen atoms in total. The molecule has 3 aromatic carbocycles. The van der Waals surface area contributed by atoms with Crippen LogP contribution < -0.4 is 10.6 Å². The number of likely N-dealkylation sites (tertiary alicyclic amines) is 1. The van der Waals surface area contributed by atoms with Gasteiger partial charge in [-0.25, -0.2) is 4.79 Å². The number of hydrogen-bond donors (Lipinski definition) is 3. The first-order valence-electron chi connectivity index (χ1n) is 14.8. The number of amides is 2. The Morgan fingerprint density at radius 2 is 1.33 bits per heavy atom. The lowest BCUT2D eigenvalue weighted by Crippen LogP contribution is -2.57. The molecule has 2 fully saturated rings. The van der Waals surface area contributed by atoms with E-state index in [1.165, 1.54) is 5.56 Å². The minimum Gasteiger partial charge on any atom is -0.481 e. The average Bonchev–Trinajstić information content (AvgIpc) is 3.64. The highest BCUT2D eigenvalue weighted by Crippen LogP contribution is 2.44. The van der Waals surface area contributed by atoms with Crippen LogP contribution in [0.4, 0.5) is 4.79 Å². The number of nitrogens with zero attached hydrogens (tertiary/aromatic N) is 1. The van der Waals surface area contributed by atoms with E-state index in [1.54, 1.807) is 0 Å². The summed E-state index contributed by atoms with van der Waals surface area (Å²) in [4.78, 5) is 40.2. The number of rotatable bonds is 10. The van der Waals surface area contributed by atoms with Gasteiger partial charge in [-0.3, -0.25) is 14.5 Å². The normalized spacial score (nSPS) is 18.4. The SMILES string of the molecule is O=C(O)CC1(NC(=O)CC2(NC(=O)OCC3c4ccccc4-c4ccccc43)CCN(Cc3ccccc3)CC2)CC1. The number of benzene rings is 3. The van der Waals surface area contributed by atoms with Gasteiger partial charge in [-0.2, -0.15) is 0 Å². The Balaban J connectivity index is 1.13. The number of aliphatic carboxylic acids is 1. The zero-order chi connectivity index (χ0) is 29.2. The standard InChI is InChI=1S/C34H37N3O5/c38-30(35-33(14-15-33)21-31(39)40)20-34(16-18-37(19-17-34)22-24-8-2-1-3-9-24)36-32(41)42-23-29-27-12-6-4-10-25(27)26-11-5-7-13-28(26)29/h1-13,29H,14-23H2,(H,35,38)(H,36,41)(H,39,40). The molecule has 1 saturated heterocycles. The Hall–Kier alpha value is -4.17. The number of carbonyl (C=O) groups is 3. The van der Waals surface area contributed by atoms with Crippen molar-refractivity contribution in [2.24, 2.45) is 0 Å². The first-order valence-corrected chi connectivity index (χ1v) is 14.8. The van der Waals surface area contributed by atoms with Crippen molar-refractivity contribution in [3.63, 3.8) is 0 Å². The number of carboxylic acids is 1. The Morgan fingerprint density at radius 1 is 0.762 bits per heavy atom. The fourth-order valence-electron chi connectivity index (χ4n) is 6.61. The average molecular weight is 568 g/mol. The topological polar surface area (TPSA) is 108 Å². The number of carboxylic acid groups (broad SMARTS) is 1. The van der Waals surface area contributed by atoms with Gasteiger partial charge in [-0.1, -0.05) is 78.9 Å². The van der Waals surface area contributed by atoms with Crippen LogP contribution in [-0.4, -0.2) is 58.8 Å². The van der Waals surface area contributed by atoms with E-state index in [9.17, 15) is 19.5 Å². The summed E-state index contributed by atoms with van der Waals surface area (Å²) in [6.45, 7) is 2.43. The highest BCUT2D eigenvalue weighted by Gasteiger charge is 2.47. The predicted molar refractivity (Wildman–Crippen MR) is 159 cm³/mol. The van der Waals surface area contributed by atoms with Crippen LogP contribution in [0.5, 0.6) is 0 Å². The Kier molecular flexibility index (Phi) is 7.73. The van der Waals surface area contributed by atoms with Gasteiger partial charge >= 0.3 is 12.1 Å². The fraction of sp³-hybridized carbons (Fsp3) is 0.382. The lowest BCUT2D eigenvalue weighted by Gasteiger charge is -2.42. The summed E-state index contributed by atoms with van der Waals surface area (Å²) in [7, 11) is 0. The summed E-state index contributed by atoms with van der Waals surface area (Å²) in [5.41, 5.74) is 4.39. The van der Waals surface area contributed by atoms with Gasteiger partial charge in [0.1, 0.15) is 6.61 Å². The second-order valence-corrected chi connectivity index (χ2v) is 12.1. The zero-order valence-electron chi connectivity index (χ0n) is 23.7. The van der Waals surface area contributed by atoms with Crippen LogP contribution in [0.15, 0.2) is 78.9 Å². The maximum Gasteiger partial charge on any atom is 0.407 e. The van der Waals surface area contributed by atoms with Crippen molar-refractivity contribution >= 4 is 18.0 Å². The molecule has 0 radical (unpaired) electrons. The monoisotopic (exact) mass is 567 g/mol. The minimum atomic E-state index is -0.923. The van der Waals surface area contributed by atoms with E-state index in [0.717, 1.165) is 28.8 Å². The van der Waals surface area contributed by atoms with E-state index in [2.05, 4.69) is 51.9 Å². The summed E-state index contributed by atoms with van der Waals surface area (Å²) in [5.74, 6) is -1.21. The highest BCUT2D eigenvalue weighted by molar-refractivity contribution is 5.82. The molecule has 1 aliphatic heterocycles. The van der Waals surface area contributed by atoms with Gasteiger partial charge in [0, 0.05) is 32.0 Å². The molecule has 3 N–H and O–H groups in total. The van der Waals surface area contributed by atoms with Crippen LogP contribution in [0.2, 0.25) is 0 Å². The Morgan fingerprint density at radius 3 is 1.93 bits per heavy atom. The quantitative estimate of drug-likeness (QED) is 0.316. The predicted octanol–water partition coefficient (Wildman–Crippen LogP) is 5.07. The molecule has 0 aromatic heterocycles. The second kappa shape index (κ2) is 11.6. The molecule has 1 saturated carbocycles. The first-order chi connectivity index (χ1) is 20.3. The van der Waals surface area contributed by atoms with Gasteiger partial charge in [0.15, 0.2) is 0 Å². The number of ether oxygens (including phenoxy) is 1. The van der Waals surface area contributed by atoms with Crippen LogP contribution >= 0.6 is 0 Å². The number of piperidine rings is 1. The molecular formula is C34H37N3O5. The second-order valence-electron chi connectivity index (χ2n) is 12.1.